The van der Waals surface area contributed by atoms with Crippen LogP contribution in [0.5, 0.6) is 0 Å². The van der Waals surface area contributed by atoms with Crippen molar-refractivity contribution >= 4 is 50.1 Å². The van der Waals surface area contributed by atoms with Gasteiger partial charge in [0.25, 0.3) is 0 Å². The van der Waals surface area contributed by atoms with E-state index in [-0.39, 0.29) is 11.8 Å². The number of rotatable bonds is 2. The minimum absolute atomic E-state index is 0.0799. The standard InChI is InChI=1S/C12H14BrIN2O/c1-7-5-15-6-9(7)12(17)16-8-2-3-10(13)11(14)4-8/h2-4,7,9,15H,5-6H2,1H3,(H,16,17)/t7-,9-/m1/s1. The zero-order chi connectivity index (χ0) is 12.4. The molecule has 2 rings (SSSR count). The number of hydrogen-bond acceptors (Lipinski definition) is 2. The first kappa shape index (κ1) is 13.3. The molecule has 1 aliphatic heterocycles. The average molecular weight is 409 g/mol. The smallest absolute Gasteiger partial charge is 0.229 e. The zero-order valence-corrected chi connectivity index (χ0v) is 13.2. The molecule has 5 heteroatoms. The largest absolute Gasteiger partial charge is 0.326 e. The molecule has 0 aromatic heterocycles. The summed E-state index contributed by atoms with van der Waals surface area (Å²) in [5.74, 6) is 0.599. The molecule has 1 saturated heterocycles. The second-order valence-corrected chi connectivity index (χ2v) is 6.38. The topological polar surface area (TPSA) is 41.1 Å². The van der Waals surface area contributed by atoms with Crippen LogP contribution in [0.1, 0.15) is 6.92 Å². The summed E-state index contributed by atoms with van der Waals surface area (Å²) in [7, 11) is 0. The van der Waals surface area contributed by atoms with Crippen molar-refractivity contribution < 1.29 is 4.79 Å². The molecular weight excluding hydrogens is 395 g/mol. The van der Waals surface area contributed by atoms with Crippen LogP contribution in [0.4, 0.5) is 5.69 Å². The normalized spacial score (nSPS) is 23.7. The number of amides is 1. The molecule has 2 atom stereocenters. The highest BCUT2D eigenvalue weighted by atomic mass is 127. The molecule has 2 N–H and O–H groups in total. The molecule has 1 fully saturated rings. The summed E-state index contributed by atoms with van der Waals surface area (Å²) in [6, 6.07) is 5.83. The molecule has 1 aliphatic rings. The van der Waals surface area contributed by atoms with E-state index >= 15 is 0 Å². The summed E-state index contributed by atoms with van der Waals surface area (Å²) >= 11 is 5.68. The van der Waals surface area contributed by atoms with Gasteiger partial charge in [0.2, 0.25) is 5.91 Å². The SMILES string of the molecule is C[C@@H]1CNC[C@H]1C(=O)Nc1ccc(Br)c(I)c1. The molecule has 1 heterocycles. The monoisotopic (exact) mass is 408 g/mol. The van der Waals surface area contributed by atoms with Gasteiger partial charge >= 0.3 is 0 Å². The lowest BCUT2D eigenvalue weighted by Gasteiger charge is -2.14. The lowest BCUT2D eigenvalue weighted by atomic mass is 9.97. The molecule has 3 nitrogen and oxygen atoms in total. The van der Waals surface area contributed by atoms with Crippen LogP contribution in [0.15, 0.2) is 22.7 Å². The van der Waals surface area contributed by atoms with Crippen LogP contribution in [0, 0.1) is 15.4 Å². The fourth-order valence-corrected chi connectivity index (χ4v) is 2.73. The Kier molecular flexibility index (Phi) is 4.43. The summed E-state index contributed by atoms with van der Waals surface area (Å²) in [6.07, 6.45) is 0. The number of halogens is 2. The number of nitrogens with one attached hydrogen (secondary N) is 2. The van der Waals surface area contributed by atoms with E-state index in [1.165, 1.54) is 0 Å². The second-order valence-electron chi connectivity index (χ2n) is 4.36. The first-order valence-corrected chi connectivity index (χ1v) is 7.41. The number of anilines is 1. The van der Waals surface area contributed by atoms with Gasteiger partial charge in [0, 0.05) is 20.3 Å². The molecule has 92 valence electrons. The van der Waals surface area contributed by atoms with E-state index in [9.17, 15) is 4.79 Å². The third-order valence-electron chi connectivity index (χ3n) is 3.04. The Morgan fingerprint density at radius 2 is 2.29 bits per heavy atom. The van der Waals surface area contributed by atoms with E-state index in [0.29, 0.717) is 5.92 Å². The maximum Gasteiger partial charge on any atom is 0.229 e. The van der Waals surface area contributed by atoms with Crippen LogP contribution in [0.25, 0.3) is 0 Å². The van der Waals surface area contributed by atoms with Gasteiger partial charge in [-0.25, -0.2) is 0 Å². The molecular formula is C12H14BrIN2O. The van der Waals surface area contributed by atoms with E-state index in [4.69, 9.17) is 0 Å². The third kappa shape index (κ3) is 3.20. The average Bonchev–Trinajstić information content (AvgIpc) is 2.70. The number of carbonyl (C=O) groups excluding carboxylic acids is 1. The van der Waals surface area contributed by atoms with Crippen LogP contribution in [-0.2, 0) is 4.79 Å². The lowest BCUT2D eigenvalue weighted by molar-refractivity contribution is -0.120. The fourth-order valence-electron chi connectivity index (χ4n) is 1.97. The van der Waals surface area contributed by atoms with Crippen molar-refractivity contribution in [1.29, 1.82) is 0 Å². The molecule has 0 unspecified atom stereocenters. The van der Waals surface area contributed by atoms with E-state index in [1.807, 2.05) is 18.2 Å². The van der Waals surface area contributed by atoms with Crippen molar-refractivity contribution in [2.24, 2.45) is 11.8 Å². The molecule has 0 radical (unpaired) electrons. The van der Waals surface area contributed by atoms with Gasteiger partial charge in [0.05, 0.1) is 5.92 Å². The van der Waals surface area contributed by atoms with Crippen LogP contribution in [-0.4, -0.2) is 19.0 Å². The van der Waals surface area contributed by atoms with Gasteiger partial charge in [0.1, 0.15) is 0 Å². The molecule has 0 spiro atoms. The summed E-state index contributed by atoms with van der Waals surface area (Å²) in [5.41, 5.74) is 0.863. The summed E-state index contributed by atoms with van der Waals surface area (Å²) < 4.78 is 2.14. The van der Waals surface area contributed by atoms with Gasteiger partial charge in [-0.15, -0.1) is 0 Å². The van der Waals surface area contributed by atoms with E-state index in [1.54, 1.807) is 0 Å². The summed E-state index contributed by atoms with van der Waals surface area (Å²) in [4.78, 5) is 12.1. The Morgan fingerprint density at radius 3 is 2.88 bits per heavy atom. The molecule has 0 aliphatic carbocycles. The minimum atomic E-state index is 0.0799. The lowest BCUT2D eigenvalue weighted by Crippen LogP contribution is -2.27. The van der Waals surface area contributed by atoms with E-state index in [0.717, 1.165) is 26.8 Å². The highest BCUT2D eigenvalue weighted by Crippen LogP contribution is 2.24. The predicted molar refractivity (Wildman–Crippen MR) is 81.0 cm³/mol. The third-order valence-corrected chi connectivity index (χ3v) is 5.37. The zero-order valence-electron chi connectivity index (χ0n) is 9.47. The molecule has 1 aromatic carbocycles. The first-order valence-electron chi connectivity index (χ1n) is 5.54. The fraction of sp³-hybridized carbons (Fsp3) is 0.417. The van der Waals surface area contributed by atoms with Gasteiger partial charge in [-0.2, -0.15) is 0 Å². The van der Waals surface area contributed by atoms with Crippen LogP contribution < -0.4 is 10.6 Å². The molecule has 0 saturated carbocycles. The molecule has 0 bridgehead atoms. The van der Waals surface area contributed by atoms with Crippen molar-refractivity contribution in [1.82, 2.24) is 5.32 Å². The minimum Gasteiger partial charge on any atom is -0.326 e. The Balaban J connectivity index is 2.05. The number of hydrogen-bond donors (Lipinski definition) is 2. The van der Waals surface area contributed by atoms with Crippen LogP contribution in [0.3, 0.4) is 0 Å². The van der Waals surface area contributed by atoms with Crippen LogP contribution >= 0.6 is 38.5 Å². The van der Waals surface area contributed by atoms with Crippen LogP contribution in [0.2, 0.25) is 0 Å². The summed E-state index contributed by atoms with van der Waals surface area (Å²) in [6.45, 7) is 3.81. The van der Waals surface area contributed by atoms with Crippen molar-refractivity contribution in [3.63, 3.8) is 0 Å². The van der Waals surface area contributed by atoms with Gasteiger partial charge in [-0.05, 0) is 69.2 Å². The second kappa shape index (κ2) is 5.67. The van der Waals surface area contributed by atoms with Gasteiger partial charge in [-0.1, -0.05) is 6.92 Å². The van der Waals surface area contributed by atoms with Gasteiger partial charge in [-0.3, -0.25) is 4.79 Å². The van der Waals surface area contributed by atoms with E-state index in [2.05, 4.69) is 56.1 Å². The molecule has 1 amide bonds. The van der Waals surface area contributed by atoms with Crippen molar-refractivity contribution in [2.45, 2.75) is 6.92 Å². The van der Waals surface area contributed by atoms with Crippen molar-refractivity contribution in [3.05, 3.63) is 26.2 Å². The highest BCUT2D eigenvalue weighted by Gasteiger charge is 2.29. The van der Waals surface area contributed by atoms with E-state index < -0.39 is 0 Å². The maximum atomic E-state index is 12.1. The predicted octanol–water partition coefficient (Wildman–Crippen LogP) is 2.85. The maximum absolute atomic E-state index is 12.1. The van der Waals surface area contributed by atoms with Crippen molar-refractivity contribution in [2.75, 3.05) is 18.4 Å². The van der Waals surface area contributed by atoms with Gasteiger partial charge in [0.15, 0.2) is 0 Å². The molecule has 17 heavy (non-hydrogen) atoms. The Bertz CT molecular complexity index is 439. The number of benzene rings is 1. The Morgan fingerprint density at radius 1 is 1.53 bits per heavy atom. The van der Waals surface area contributed by atoms with Crippen molar-refractivity contribution in [3.8, 4) is 0 Å². The quantitative estimate of drug-likeness (QED) is 0.739. The molecule has 1 aromatic rings. The highest BCUT2D eigenvalue weighted by molar-refractivity contribution is 14.1. The van der Waals surface area contributed by atoms with Gasteiger partial charge < -0.3 is 10.6 Å². The number of carbonyl (C=O) groups is 1. The summed E-state index contributed by atoms with van der Waals surface area (Å²) in [5, 5.41) is 6.22. The first-order chi connectivity index (χ1) is 8.08. The Labute approximate surface area is 123 Å². The Hall–Kier alpha value is -0.140.